The number of hydrogen-bond donors (Lipinski definition) is 1. The fraction of sp³-hybridized carbons (Fsp3) is 0.261. The summed E-state index contributed by atoms with van der Waals surface area (Å²) < 4.78 is 10.7. The van der Waals surface area contributed by atoms with Crippen LogP contribution in [0.5, 0.6) is 10.8 Å². The second-order valence-electron chi connectivity index (χ2n) is 7.19. The molecule has 1 N–H and O–H groups in total. The molecular weight excluding hydrogens is 414 g/mol. The summed E-state index contributed by atoms with van der Waals surface area (Å²) in [6.45, 7) is 2.09. The van der Waals surface area contributed by atoms with Gasteiger partial charge in [-0.15, -0.1) is 0 Å². The number of nitrogens with zero attached hydrogens (tertiary/aromatic N) is 2. The van der Waals surface area contributed by atoms with Crippen molar-refractivity contribution < 1.29 is 19.1 Å². The molecule has 2 aromatic carbocycles. The Labute approximate surface area is 184 Å². The first-order valence-corrected chi connectivity index (χ1v) is 10.9. The fourth-order valence-electron chi connectivity index (χ4n) is 3.05. The minimum Gasteiger partial charge on any atom is -0.462 e. The van der Waals surface area contributed by atoms with E-state index in [-0.39, 0.29) is 12.0 Å². The highest BCUT2D eigenvalue weighted by atomic mass is 32.1. The zero-order valence-electron chi connectivity index (χ0n) is 17.3. The van der Waals surface area contributed by atoms with E-state index in [1.807, 2.05) is 12.1 Å². The summed E-state index contributed by atoms with van der Waals surface area (Å²) in [6, 6.07) is 14.5. The average Bonchev–Trinajstić information content (AvgIpc) is 3.55. The molecule has 4 rings (SSSR count). The van der Waals surface area contributed by atoms with E-state index >= 15 is 0 Å². The molecule has 8 heteroatoms. The number of urea groups is 1. The predicted octanol–water partition coefficient (Wildman–Crippen LogP) is 5.66. The molecule has 1 heterocycles. The molecular formula is C23H23N3O4S. The molecule has 1 aliphatic rings. The molecule has 0 saturated heterocycles. The number of anilines is 2. The summed E-state index contributed by atoms with van der Waals surface area (Å²) in [5.74, 6) is 0.814. The average molecular weight is 438 g/mol. The van der Waals surface area contributed by atoms with Crippen LogP contribution in [0.25, 0.3) is 0 Å². The molecule has 0 unspecified atom stereocenters. The van der Waals surface area contributed by atoms with Crippen LogP contribution in [0.1, 0.15) is 41.6 Å². The van der Waals surface area contributed by atoms with Crippen LogP contribution in [0, 0.1) is 0 Å². The number of esters is 1. The molecule has 31 heavy (non-hydrogen) atoms. The number of carbonyl (C=O) groups excluding carboxylic acids is 2. The monoisotopic (exact) mass is 437 g/mol. The molecule has 1 fully saturated rings. The molecule has 3 aromatic rings. The number of amides is 2. The Bertz CT molecular complexity index is 1080. The van der Waals surface area contributed by atoms with Crippen molar-refractivity contribution in [3.05, 3.63) is 65.9 Å². The minimum absolute atomic E-state index is 0.271. The summed E-state index contributed by atoms with van der Waals surface area (Å²) in [6.07, 6.45) is 3.98. The normalized spacial score (nSPS) is 12.8. The Morgan fingerprint density at radius 1 is 1.19 bits per heavy atom. The first kappa shape index (κ1) is 20.9. The van der Waals surface area contributed by atoms with Crippen molar-refractivity contribution in [3.8, 4) is 10.8 Å². The second-order valence-corrected chi connectivity index (χ2v) is 8.18. The molecule has 0 atom stereocenters. The number of benzene rings is 2. The maximum atomic E-state index is 12.6. The van der Waals surface area contributed by atoms with Gasteiger partial charge >= 0.3 is 12.0 Å². The van der Waals surface area contributed by atoms with E-state index in [0.29, 0.717) is 34.0 Å². The maximum Gasteiger partial charge on any atom is 0.338 e. The third-order valence-corrected chi connectivity index (χ3v) is 5.68. The van der Waals surface area contributed by atoms with E-state index in [4.69, 9.17) is 9.47 Å². The van der Waals surface area contributed by atoms with Gasteiger partial charge < -0.3 is 9.47 Å². The van der Waals surface area contributed by atoms with Crippen molar-refractivity contribution in [1.29, 1.82) is 0 Å². The van der Waals surface area contributed by atoms with Gasteiger partial charge in [0.05, 0.1) is 18.4 Å². The molecule has 0 spiro atoms. The van der Waals surface area contributed by atoms with Crippen LogP contribution in [0.3, 0.4) is 0 Å². The van der Waals surface area contributed by atoms with E-state index in [0.717, 1.165) is 5.69 Å². The molecule has 0 bridgehead atoms. The molecule has 7 nitrogen and oxygen atoms in total. The highest BCUT2D eigenvalue weighted by molar-refractivity contribution is 7.17. The van der Waals surface area contributed by atoms with Crippen LogP contribution in [0.15, 0.2) is 54.7 Å². The third kappa shape index (κ3) is 5.21. The van der Waals surface area contributed by atoms with Gasteiger partial charge in [-0.2, -0.15) is 0 Å². The first-order valence-electron chi connectivity index (χ1n) is 10.1. The van der Waals surface area contributed by atoms with Crippen molar-refractivity contribution in [2.24, 2.45) is 0 Å². The fourth-order valence-corrected chi connectivity index (χ4v) is 3.73. The van der Waals surface area contributed by atoms with E-state index in [2.05, 4.69) is 22.4 Å². The highest BCUT2D eigenvalue weighted by Crippen LogP contribution is 2.41. The second kappa shape index (κ2) is 9.18. The minimum atomic E-state index is -0.372. The van der Waals surface area contributed by atoms with E-state index < -0.39 is 0 Å². The largest absolute Gasteiger partial charge is 0.462 e. The number of hydrogen-bond acceptors (Lipinski definition) is 6. The van der Waals surface area contributed by atoms with Crippen LogP contribution >= 0.6 is 11.3 Å². The summed E-state index contributed by atoms with van der Waals surface area (Å²) in [7, 11) is 1.73. The highest BCUT2D eigenvalue weighted by Gasteiger charge is 2.24. The standard InChI is InChI=1S/C23H23N3O4S/c1-3-29-21(27)16-9-11-19(12-10-16)30-20-14-24-22(31-20)25-23(28)26(2)18-6-4-5-17(13-18)15-7-8-15/h4-6,9-15H,3,7-8H2,1-2H3,(H,24,25,28). The maximum absolute atomic E-state index is 12.6. The van der Waals surface area contributed by atoms with E-state index in [1.165, 1.54) is 29.7 Å². The lowest BCUT2D eigenvalue weighted by Crippen LogP contribution is -2.31. The van der Waals surface area contributed by atoms with Crippen molar-refractivity contribution in [3.63, 3.8) is 0 Å². The number of rotatable bonds is 7. The van der Waals surface area contributed by atoms with Crippen molar-refractivity contribution in [1.82, 2.24) is 4.98 Å². The lowest BCUT2D eigenvalue weighted by molar-refractivity contribution is 0.0526. The van der Waals surface area contributed by atoms with Crippen LogP contribution in [-0.2, 0) is 4.74 Å². The number of aromatic nitrogens is 1. The van der Waals surface area contributed by atoms with Gasteiger partial charge in [-0.3, -0.25) is 10.2 Å². The van der Waals surface area contributed by atoms with Crippen molar-refractivity contribution in [2.75, 3.05) is 23.9 Å². The van der Waals surface area contributed by atoms with Gasteiger partial charge in [0.1, 0.15) is 5.75 Å². The lowest BCUT2D eigenvalue weighted by atomic mass is 10.1. The molecule has 2 amide bonds. The van der Waals surface area contributed by atoms with Crippen LogP contribution in [0.4, 0.5) is 15.6 Å². The summed E-state index contributed by atoms with van der Waals surface area (Å²) >= 11 is 1.22. The van der Waals surface area contributed by atoms with E-state index in [9.17, 15) is 9.59 Å². The molecule has 1 aliphatic carbocycles. The third-order valence-electron chi connectivity index (χ3n) is 4.89. The Hall–Kier alpha value is -3.39. The van der Waals surface area contributed by atoms with Gasteiger partial charge in [0.25, 0.3) is 0 Å². The number of thiazole rings is 1. The van der Waals surface area contributed by atoms with Gasteiger partial charge in [0.2, 0.25) is 5.06 Å². The summed E-state index contributed by atoms with van der Waals surface area (Å²) in [4.78, 5) is 30.1. The zero-order chi connectivity index (χ0) is 21.8. The number of ether oxygens (including phenoxy) is 2. The Kier molecular flexibility index (Phi) is 6.18. The smallest absolute Gasteiger partial charge is 0.338 e. The lowest BCUT2D eigenvalue weighted by Gasteiger charge is -2.18. The van der Waals surface area contributed by atoms with Gasteiger partial charge in [-0.25, -0.2) is 14.6 Å². The predicted molar refractivity (Wildman–Crippen MR) is 120 cm³/mol. The van der Waals surface area contributed by atoms with Gasteiger partial charge in [0, 0.05) is 12.7 Å². The molecule has 0 radical (unpaired) electrons. The van der Waals surface area contributed by atoms with Gasteiger partial charge in [-0.05, 0) is 67.6 Å². The molecule has 160 valence electrons. The van der Waals surface area contributed by atoms with E-state index in [1.54, 1.807) is 49.3 Å². The van der Waals surface area contributed by atoms with Crippen LogP contribution in [0.2, 0.25) is 0 Å². The van der Waals surface area contributed by atoms with Crippen molar-refractivity contribution in [2.45, 2.75) is 25.7 Å². The Balaban J connectivity index is 1.35. The topological polar surface area (TPSA) is 80.8 Å². The Morgan fingerprint density at radius 2 is 1.97 bits per heavy atom. The van der Waals surface area contributed by atoms with Crippen molar-refractivity contribution >= 4 is 34.2 Å². The summed E-state index contributed by atoms with van der Waals surface area (Å²) in [5, 5.41) is 3.77. The molecule has 1 aromatic heterocycles. The van der Waals surface area contributed by atoms with Gasteiger partial charge in [0.15, 0.2) is 5.13 Å². The van der Waals surface area contributed by atoms with Gasteiger partial charge in [-0.1, -0.05) is 23.5 Å². The van der Waals surface area contributed by atoms with Crippen LogP contribution in [-0.4, -0.2) is 30.6 Å². The first-order chi connectivity index (χ1) is 15.0. The van der Waals surface area contributed by atoms with Crippen LogP contribution < -0.4 is 15.0 Å². The Morgan fingerprint density at radius 3 is 2.68 bits per heavy atom. The molecule has 1 saturated carbocycles. The quantitative estimate of drug-likeness (QED) is 0.483. The summed E-state index contributed by atoms with van der Waals surface area (Å²) in [5.41, 5.74) is 2.58. The molecule has 0 aliphatic heterocycles. The SMILES string of the molecule is CCOC(=O)c1ccc(Oc2cnc(NC(=O)N(C)c3cccc(C4CC4)c3)s2)cc1. The zero-order valence-corrected chi connectivity index (χ0v) is 18.1. The number of carbonyl (C=O) groups is 2. The number of nitrogens with one attached hydrogen (secondary N) is 1.